The maximum Gasteiger partial charge on any atom is 0.225 e. The number of anilines is 1. The molecule has 194 valence electrons. The number of piperidine rings is 2. The number of nitrogens with zero attached hydrogens (tertiary/aromatic N) is 3. The summed E-state index contributed by atoms with van der Waals surface area (Å²) in [5.74, 6) is 1.14. The summed E-state index contributed by atoms with van der Waals surface area (Å²) in [5.41, 5.74) is 8.01. The number of carbonyl (C=O) groups excluding carboxylic acids is 1. The Hall–Kier alpha value is -1.75. The fraction of sp³-hybridized carbons (Fsp3) is 0.519. The van der Waals surface area contributed by atoms with Crippen molar-refractivity contribution in [1.29, 1.82) is 5.41 Å². The standard InChI is InChI=1S/C27H35ClIN5O2/c1-19(30)17-27(36-29,22-2-4-24(28)5-3-22)23-9-14-34(15-10-23)26(35)21-7-12-33(13-8-21)18-20-6-11-32-25(31)16-20/h2-6,11,16,21,23,30H,7-10,12-15,17-18H2,1H3,(H2,31,32). The lowest BCUT2D eigenvalue weighted by Crippen LogP contribution is -2.49. The summed E-state index contributed by atoms with van der Waals surface area (Å²) in [7, 11) is 0. The van der Waals surface area contributed by atoms with Gasteiger partial charge in [0.25, 0.3) is 0 Å². The molecule has 2 fully saturated rings. The molecule has 9 heteroatoms. The lowest BCUT2D eigenvalue weighted by atomic mass is 9.73. The molecule has 0 bridgehead atoms. The normalized spacial score (nSPS) is 19.7. The fourth-order valence-electron chi connectivity index (χ4n) is 5.76. The van der Waals surface area contributed by atoms with Gasteiger partial charge >= 0.3 is 0 Å². The fourth-order valence-corrected chi connectivity index (χ4v) is 6.65. The van der Waals surface area contributed by atoms with Gasteiger partial charge in [0.05, 0.1) is 0 Å². The van der Waals surface area contributed by atoms with Crippen molar-refractivity contribution in [2.45, 2.75) is 51.2 Å². The van der Waals surface area contributed by atoms with Crippen LogP contribution < -0.4 is 5.73 Å². The van der Waals surface area contributed by atoms with Crippen molar-refractivity contribution in [1.82, 2.24) is 14.8 Å². The largest absolute Gasteiger partial charge is 0.384 e. The third kappa shape index (κ3) is 6.38. The SMILES string of the molecule is CC(=N)CC(OI)(c1ccc(Cl)cc1)C1CCN(C(=O)C2CCN(Cc3ccnc(N)c3)CC2)CC1. The van der Waals surface area contributed by atoms with Gasteiger partial charge in [-0.3, -0.25) is 9.69 Å². The number of nitrogens with one attached hydrogen (secondary N) is 1. The molecule has 1 amide bonds. The molecule has 0 radical (unpaired) electrons. The Morgan fingerprint density at radius 2 is 1.83 bits per heavy atom. The summed E-state index contributed by atoms with van der Waals surface area (Å²) < 4.78 is 6.16. The van der Waals surface area contributed by atoms with Gasteiger partial charge in [0.1, 0.15) is 34.4 Å². The number of pyridine rings is 1. The van der Waals surface area contributed by atoms with Crippen molar-refractivity contribution >= 4 is 52.0 Å². The Morgan fingerprint density at radius 1 is 1.17 bits per heavy atom. The predicted octanol–water partition coefficient (Wildman–Crippen LogP) is 5.46. The molecular formula is C27H35ClIN5O2. The van der Waals surface area contributed by atoms with E-state index in [0.29, 0.717) is 23.0 Å². The Balaban J connectivity index is 1.34. The predicted molar refractivity (Wildman–Crippen MR) is 152 cm³/mol. The van der Waals surface area contributed by atoms with Crippen molar-refractivity contribution in [3.05, 3.63) is 58.7 Å². The second-order valence-corrected chi connectivity index (χ2v) is 11.0. The second-order valence-electron chi connectivity index (χ2n) is 10.2. The van der Waals surface area contributed by atoms with Crippen LogP contribution in [0.1, 0.15) is 50.2 Å². The van der Waals surface area contributed by atoms with E-state index in [1.54, 1.807) is 6.20 Å². The average Bonchev–Trinajstić information content (AvgIpc) is 2.88. The summed E-state index contributed by atoms with van der Waals surface area (Å²) in [6.45, 7) is 5.95. The third-order valence-electron chi connectivity index (χ3n) is 7.65. The maximum absolute atomic E-state index is 13.4. The molecule has 1 aromatic heterocycles. The van der Waals surface area contributed by atoms with E-state index in [-0.39, 0.29) is 17.7 Å². The van der Waals surface area contributed by atoms with Crippen molar-refractivity contribution in [3.8, 4) is 0 Å². The Bertz CT molecular complexity index is 1050. The van der Waals surface area contributed by atoms with Gasteiger partial charge in [-0.15, -0.1) is 0 Å². The molecule has 0 saturated carbocycles. The molecule has 0 spiro atoms. The number of rotatable bonds is 8. The van der Waals surface area contributed by atoms with Crippen LogP contribution in [-0.2, 0) is 20.0 Å². The second kappa shape index (κ2) is 12.2. The quantitative estimate of drug-likeness (QED) is 0.301. The van der Waals surface area contributed by atoms with Crippen LogP contribution in [0.25, 0.3) is 0 Å². The average molecular weight is 624 g/mol. The first-order chi connectivity index (χ1) is 17.3. The number of amides is 1. The van der Waals surface area contributed by atoms with Gasteiger partial charge in [0.2, 0.25) is 5.91 Å². The number of nitrogen functional groups attached to an aromatic ring is 1. The number of nitrogens with two attached hydrogens (primary N) is 1. The highest BCUT2D eigenvalue weighted by atomic mass is 127. The topological polar surface area (TPSA) is 95.5 Å². The minimum absolute atomic E-state index is 0.0889. The lowest BCUT2D eigenvalue weighted by Gasteiger charge is -2.44. The van der Waals surface area contributed by atoms with Crippen molar-refractivity contribution in [2.24, 2.45) is 11.8 Å². The molecule has 1 atom stereocenters. The molecule has 1 aromatic carbocycles. The Morgan fingerprint density at radius 3 is 2.42 bits per heavy atom. The molecule has 36 heavy (non-hydrogen) atoms. The van der Waals surface area contributed by atoms with Gasteiger partial charge in [-0.1, -0.05) is 23.7 Å². The minimum Gasteiger partial charge on any atom is -0.384 e. The molecule has 0 aliphatic carbocycles. The number of likely N-dealkylation sites (tertiary alicyclic amines) is 2. The van der Waals surface area contributed by atoms with E-state index >= 15 is 0 Å². The van der Waals surface area contributed by atoms with Crippen LogP contribution in [0, 0.1) is 17.2 Å². The van der Waals surface area contributed by atoms with Crippen molar-refractivity contribution < 1.29 is 7.86 Å². The minimum atomic E-state index is -0.589. The van der Waals surface area contributed by atoms with E-state index in [9.17, 15) is 4.79 Å². The smallest absolute Gasteiger partial charge is 0.225 e. The monoisotopic (exact) mass is 623 g/mol. The zero-order valence-corrected chi connectivity index (χ0v) is 23.7. The molecular weight excluding hydrogens is 589 g/mol. The highest BCUT2D eigenvalue weighted by molar-refractivity contribution is 14.1. The van der Waals surface area contributed by atoms with Gasteiger partial charge in [-0.05, 0) is 87.0 Å². The summed E-state index contributed by atoms with van der Waals surface area (Å²) >= 11 is 8.13. The van der Waals surface area contributed by atoms with Crippen LogP contribution in [-0.4, -0.2) is 52.6 Å². The third-order valence-corrected chi connectivity index (χ3v) is 8.69. The van der Waals surface area contributed by atoms with E-state index in [1.807, 2.05) is 66.3 Å². The van der Waals surface area contributed by atoms with Crippen molar-refractivity contribution in [3.63, 3.8) is 0 Å². The van der Waals surface area contributed by atoms with Crippen LogP contribution >= 0.6 is 34.6 Å². The van der Waals surface area contributed by atoms with E-state index in [2.05, 4.69) is 14.8 Å². The van der Waals surface area contributed by atoms with Gasteiger partial charge in [-0.25, -0.2) is 4.98 Å². The first-order valence-corrected chi connectivity index (χ1v) is 13.9. The Labute approximate surface area is 232 Å². The first kappa shape index (κ1) is 27.3. The summed E-state index contributed by atoms with van der Waals surface area (Å²) in [4.78, 5) is 21.9. The van der Waals surface area contributed by atoms with Crippen LogP contribution in [0.5, 0.6) is 0 Å². The van der Waals surface area contributed by atoms with Crippen LogP contribution in [0.2, 0.25) is 5.02 Å². The van der Waals surface area contributed by atoms with Crippen LogP contribution in [0.3, 0.4) is 0 Å². The number of carbonyl (C=O) groups is 1. The lowest BCUT2D eigenvalue weighted by molar-refractivity contribution is -0.139. The Kier molecular flexibility index (Phi) is 9.24. The molecule has 1 unspecified atom stereocenters. The molecule has 2 saturated heterocycles. The molecule has 2 aliphatic rings. The first-order valence-electron chi connectivity index (χ1n) is 12.6. The molecule has 3 N–H and O–H groups in total. The number of aromatic nitrogens is 1. The highest BCUT2D eigenvalue weighted by Gasteiger charge is 2.44. The summed E-state index contributed by atoms with van der Waals surface area (Å²) in [6, 6.07) is 11.7. The molecule has 7 nitrogen and oxygen atoms in total. The van der Waals surface area contributed by atoms with E-state index in [1.165, 1.54) is 0 Å². The number of hydrogen-bond donors (Lipinski definition) is 2. The summed E-state index contributed by atoms with van der Waals surface area (Å²) in [5, 5.41) is 8.90. The van der Waals surface area contributed by atoms with Gasteiger partial charge in [-0.2, -0.15) is 0 Å². The number of benzene rings is 1. The van der Waals surface area contributed by atoms with E-state index < -0.39 is 5.60 Å². The molecule has 4 rings (SSSR count). The molecule has 2 aliphatic heterocycles. The number of hydrogen-bond acceptors (Lipinski definition) is 6. The van der Waals surface area contributed by atoms with E-state index in [4.69, 9.17) is 25.8 Å². The van der Waals surface area contributed by atoms with E-state index in [0.717, 1.165) is 69.5 Å². The van der Waals surface area contributed by atoms with Crippen LogP contribution in [0.15, 0.2) is 42.6 Å². The van der Waals surface area contributed by atoms with Gasteiger partial charge in [0, 0.05) is 48.9 Å². The molecule has 3 heterocycles. The highest BCUT2D eigenvalue weighted by Crippen LogP contribution is 2.45. The van der Waals surface area contributed by atoms with Gasteiger partial charge in [0.15, 0.2) is 0 Å². The summed E-state index contributed by atoms with van der Waals surface area (Å²) in [6.07, 6.45) is 5.76. The maximum atomic E-state index is 13.4. The van der Waals surface area contributed by atoms with Gasteiger partial charge < -0.3 is 19.1 Å². The zero-order chi connectivity index (χ0) is 25.7. The zero-order valence-electron chi connectivity index (χ0n) is 20.8. The number of halogens is 2. The van der Waals surface area contributed by atoms with Crippen LogP contribution in [0.4, 0.5) is 5.82 Å². The molecule has 2 aromatic rings. The van der Waals surface area contributed by atoms with Crippen molar-refractivity contribution in [2.75, 3.05) is 31.9 Å².